The number of amides is 3. The Labute approximate surface area is 120 Å². The molecule has 7 nitrogen and oxygen atoms in total. The van der Waals surface area contributed by atoms with Gasteiger partial charge in [-0.1, -0.05) is 11.6 Å². The first kappa shape index (κ1) is 15.8. The Hall–Kier alpha value is -2.28. The Morgan fingerprint density at radius 2 is 2.05 bits per heavy atom. The number of nitrogens with one attached hydrogen (secondary N) is 2. The van der Waals surface area contributed by atoms with Crippen molar-refractivity contribution in [1.82, 2.24) is 5.32 Å². The number of carboxylic acid groups (broad SMARTS) is 1. The summed E-state index contributed by atoms with van der Waals surface area (Å²) in [5.74, 6) is -1.67. The molecule has 108 valence electrons. The number of halogens is 1. The van der Waals surface area contributed by atoms with Crippen molar-refractivity contribution in [1.29, 1.82) is 0 Å². The number of carboxylic acids is 1. The molecule has 1 aromatic carbocycles. The second-order valence-corrected chi connectivity index (χ2v) is 4.58. The van der Waals surface area contributed by atoms with Crippen molar-refractivity contribution in [2.45, 2.75) is 19.4 Å². The van der Waals surface area contributed by atoms with Gasteiger partial charge in [0.1, 0.15) is 0 Å². The van der Waals surface area contributed by atoms with E-state index in [4.69, 9.17) is 22.4 Å². The van der Waals surface area contributed by atoms with Crippen molar-refractivity contribution in [2.24, 2.45) is 5.73 Å². The fraction of sp³-hybridized carbons (Fsp3) is 0.250. The van der Waals surface area contributed by atoms with Crippen LogP contribution in [0.3, 0.4) is 0 Å². The molecule has 0 aliphatic rings. The summed E-state index contributed by atoms with van der Waals surface area (Å²) in [7, 11) is 0. The minimum absolute atomic E-state index is 0.00365. The second kappa shape index (κ2) is 6.76. The zero-order chi connectivity index (χ0) is 15.3. The molecule has 0 aliphatic heterocycles. The van der Waals surface area contributed by atoms with Gasteiger partial charge >= 0.3 is 12.0 Å². The predicted molar refractivity (Wildman–Crippen MR) is 73.8 cm³/mol. The maximum atomic E-state index is 11.7. The molecular formula is C12H14ClN3O4. The number of hydrogen-bond acceptors (Lipinski definition) is 3. The van der Waals surface area contributed by atoms with Crippen LogP contribution in [-0.4, -0.2) is 29.1 Å². The highest BCUT2D eigenvalue weighted by Gasteiger charge is 2.13. The average Bonchev–Trinajstić information content (AvgIpc) is 2.30. The molecule has 8 heteroatoms. The maximum absolute atomic E-state index is 11.7. The minimum Gasteiger partial charge on any atom is -0.478 e. The number of benzene rings is 1. The fourth-order valence-corrected chi connectivity index (χ4v) is 1.65. The highest BCUT2D eigenvalue weighted by molar-refractivity contribution is 6.33. The van der Waals surface area contributed by atoms with Gasteiger partial charge in [-0.3, -0.25) is 4.79 Å². The van der Waals surface area contributed by atoms with Gasteiger partial charge in [0, 0.05) is 12.5 Å². The van der Waals surface area contributed by atoms with E-state index in [0.29, 0.717) is 0 Å². The quantitative estimate of drug-likeness (QED) is 0.657. The van der Waals surface area contributed by atoms with Crippen molar-refractivity contribution in [3.63, 3.8) is 0 Å². The lowest BCUT2D eigenvalue weighted by Crippen LogP contribution is -2.38. The lowest BCUT2D eigenvalue weighted by Gasteiger charge is -2.14. The van der Waals surface area contributed by atoms with E-state index in [9.17, 15) is 14.4 Å². The van der Waals surface area contributed by atoms with E-state index in [-0.39, 0.29) is 22.7 Å². The van der Waals surface area contributed by atoms with Gasteiger partial charge in [0.25, 0.3) is 0 Å². The SMILES string of the molecule is CC(CC(N)=O)NC(=O)Nc1cc(C(=O)O)ccc1Cl. The lowest BCUT2D eigenvalue weighted by atomic mass is 10.2. The number of anilines is 1. The first-order valence-corrected chi connectivity index (χ1v) is 6.06. The first-order valence-electron chi connectivity index (χ1n) is 5.68. The Morgan fingerprint density at radius 3 is 2.60 bits per heavy atom. The molecule has 0 heterocycles. The van der Waals surface area contributed by atoms with Crippen LogP contribution in [0.5, 0.6) is 0 Å². The van der Waals surface area contributed by atoms with E-state index in [2.05, 4.69) is 10.6 Å². The molecule has 0 spiro atoms. The third-order valence-corrected chi connectivity index (χ3v) is 2.68. The van der Waals surface area contributed by atoms with Crippen molar-refractivity contribution < 1.29 is 19.5 Å². The molecular weight excluding hydrogens is 286 g/mol. The Balaban J connectivity index is 2.72. The topological polar surface area (TPSA) is 122 Å². The third kappa shape index (κ3) is 4.77. The van der Waals surface area contributed by atoms with Gasteiger partial charge in [-0.2, -0.15) is 0 Å². The Bertz CT molecular complexity index is 548. The van der Waals surface area contributed by atoms with Gasteiger partial charge in [0.15, 0.2) is 0 Å². The number of carbonyl (C=O) groups is 3. The van der Waals surface area contributed by atoms with Gasteiger partial charge in [0.05, 0.1) is 16.3 Å². The normalized spacial score (nSPS) is 11.5. The first-order chi connectivity index (χ1) is 9.29. The molecule has 3 amide bonds. The molecule has 1 unspecified atom stereocenters. The van der Waals surface area contributed by atoms with Crippen LogP contribution in [0.15, 0.2) is 18.2 Å². The number of primary amides is 1. The van der Waals surface area contributed by atoms with Crippen LogP contribution in [-0.2, 0) is 4.79 Å². The summed E-state index contributed by atoms with van der Waals surface area (Å²) in [6, 6.07) is 2.87. The molecule has 0 aliphatic carbocycles. The van der Waals surface area contributed by atoms with E-state index in [1.54, 1.807) is 6.92 Å². The van der Waals surface area contributed by atoms with E-state index in [1.165, 1.54) is 18.2 Å². The van der Waals surface area contributed by atoms with Gasteiger partial charge < -0.3 is 21.5 Å². The van der Waals surface area contributed by atoms with Gasteiger partial charge in [-0.15, -0.1) is 0 Å². The zero-order valence-electron chi connectivity index (χ0n) is 10.6. The molecule has 1 atom stereocenters. The summed E-state index contributed by atoms with van der Waals surface area (Å²) in [5, 5.41) is 13.9. The van der Waals surface area contributed by atoms with E-state index in [1.807, 2.05) is 0 Å². The van der Waals surface area contributed by atoms with Crippen molar-refractivity contribution in [2.75, 3.05) is 5.32 Å². The summed E-state index contributed by atoms with van der Waals surface area (Å²) < 4.78 is 0. The van der Waals surface area contributed by atoms with Crippen LogP contribution in [0.2, 0.25) is 5.02 Å². The third-order valence-electron chi connectivity index (χ3n) is 2.35. The zero-order valence-corrected chi connectivity index (χ0v) is 11.4. The van der Waals surface area contributed by atoms with Crippen LogP contribution < -0.4 is 16.4 Å². The molecule has 0 saturated heterocycles. The van der Waals surface area contributed by atoms with E-state index >= 15 is 0 Å². The molecule has 0 aromatic heterocycles. The number of carbonyl (C=O) groups excluding carboxylic acids is 2. The van der Waals surface area contributed by atoms with Crippen LogP contribution in [0, 0.1) is 0 Å². The fourth-order valence-electron chi connectivity index (χ4n) is 1.49. The number of nitrogens with two attached hydrogens (primary N) is 1. The Morgan fingerprint density at radius 1 is 1.40 bits per heavy atom. The van der Waals surface area contributed by atoms with Gasteiger partial charge in [-0.05, 0) is 25.1 Å². The maximum Gasteiger partial charge on any atom is 0.335 e. The second-order valence-electron chi connectivity index (χ2n) is 4.17. The number of aromatic carboxylic acids is 1. The summed E-state index contributed by atoms with van der Waals surface area (Å²) in [4.78, 5) is 33.2. The summed E-state index contributed by atoms with van der Waals surface area (Å²) in [5.41, 5.74) is 5.16. The van der Waals surface area contributed by atoms with Crippen LogP contribution in [0.1, 0.15) is 23.7 Å². The highest BCUT2D eigenvalue weighted by atomic mass is 35.5. The Kier molecular flexibility index (Phi) is 5.33. The summed E-state index contributed by atoms with van der Waals surface area (Å²) in [6.07, 6.45) is -0.00365. The molecule has 0 fully saturated rings. The lowest BCUT2D eigenvalue weighted by molar-refractivity contribution is -0.118. The smallest absolute Gasteiger partial charge is 0.335 e. The standard InChI is InChI=1S/C12H14ClN3O4/c1-6(4-10(14)17)15-12(20)16-9-5-7(11(18)19)2-3-8(9)13/h2-3,5-6H,4H2,1H3,(H2,14,17)(H,18,19)(H2,15,16,20). The van der Waals surface area contributed by atoms with Crippen molar-refractivity contribution >= 4 is 35.2 Å². The number of urea groups is 1. The summed E-state index contributed by atoms with van der Waals surface area (Å²) in [6.45, 7) is 1.61. The van der Waals surface area contributed by atoms with Gasteiger partial charge in [-0.25, -0.2) is 9.59 Å². The van der Waals surface area contributed by atoms with Gasteiger partial charge in [0.2, 0.25) is 5.91 Å². The molecule has 0 saturated carbocycles. The van der Waals surface area contributed by atoms with E-state index in [0.717, 1.165) is 0 Å². The molecule has 20 heavy (non-hydrogen) atoms. The predicted octanol–water partition coefficient (Wildman–Crippen LogP) is 1.42. The van der Waals surface area contributed by atoms with Crippen LogP contribution >= 0.6 is 11.6 Å². The highest BCUT2D eigenvalue weighted by Crippen LogP contribution is 2.23. The molecule has 0 bridgehead atoms. The average molecular weight is 300 g/mol. The largest absolute Gasteiger partial charge is 0.478 e. The number of hydrogen-bond donors (Lipinski definition) is 4. The van der Waals surface area contributed by atoms with E-state index < -0.39 is 23.9 Å². The molecule has 1 rings (SSSR count). The van der Waals surface area contributed by atoms with Crippen LogP contribution in [0.25, 0.3) is 0 Å². The summed E-state index contributed by atoms with van der Waals surface area (Å²) >= 11 is 5.86. The monoisotopic (exact) mass is 299 g/mol. The van der Waals surface area contributed by atoms with Crippen LogP contribution in [0.4, 0.5) is 10.5 Å². The molecule has 0 radical (unpaired) electrons. The molecule has 5 N–H and O–H groups in total. The van der Waals surface area contributed by atoms with Crippen molar-refractivity contribution in [3.8, 4) is 0 Å². The van der Waals surface area contributed by atoms with Crippen molar-refractivity contribution in [3.05, 3.63) is 28.8 Å². The number of rotatable bonds is 5. The minimum atomic E-state index is -1.13. The molecule has 1 aromatic rings.